The summed E-state index contributed by atoms with van der Waals surface area (Å²) in [6, 6.07) is 19.8. The summed E-state index contributed by atoms with van der Waals surface area (Å²) in [5.41, 5.74) is 4.55. The quantitative estimate of drug-likeness (QED) is 0.265. The minimum Gasteiger partial charge on any atom is -0.497 e. The number of rotatable bonds is 6. The van der Waals surface area contributed by atoms with Crippen molar-refractivity contribution in [3.05, 3.63) is 99.9 Å². The predicted molar refractivity (Wildman–Crippen MR) is 165 cm³/mol. The Morgan fingerprint density at radius 3 is 2.50 bits per heavy atom. The molecule has 1 aromatic heterocycles. The summed E-state index contributed by atoms with van der Waals surface area (Å²) in [5.74, 6) is 0.967. The smallest absolute Gasteiger partial charge is 0.261 e. The van der Waals surface area contributed by atoms with E-state index in [4.69, 9.17) is 9.73 Å². The number of anilines is 1. The standard InChI is InChI=1S/C33H37FN6O2/c1-21-18-40(19-22(2)36-21)33(38-27-14-24-6-4-5-7-25(24)15-27)37-26-9-11-29-31(16-26)35-20-39(32(29)41)13-12-23-8-10-28(42-3)17-30(23)34/h4-11,16-17,20-22,27,36H,12-15,18-19H2,1-3H3,(H,37,38). The SMILES string of the molecule is COc1ccc(CCn2cnc3cc(N/C(=N/C4Cc5ccccc5C4)N4CC(C)NC(C)C4)ccc3c2=O)c(F)c1. The zero-order valence-corrected chi connectivity index (χ0v) is 24.3. The van der Waals surface area contributed by atoms with E-state index in [1.54, 1.807) is 18.5 Å². The van der Waals surface area contributed by atoms with Crippen LogP contribution in [-0.2, 0) is 25.8 Å². The topological polar surface area (TPSA) is 83.8 Å². The highest BCUT2D eigenvalue weighted by atomic mass is 19.1. The second-order valence-corrected chi connectivity index (χ2v) is 11.5. The third kappa shape index (κ3) is 6.01. The number of benzene rings is 3. The summed E-state index contributed by atoms with van der Waals surface area (Å²) in [6.07, 6.45) is 3.77. The fourth-order valence-corrected chi connectivity index (χ4v) is 6.12. The summed E-state index contributed by atoms with van der Waals surface area (Å²) >= 11 is 0. The first-order chi connectivity index (χ1) is 20.4. The first kappa shape index (κ1) is 27.9. The van der Waals surface area contributed by atoms with Gasteiger partial charge in [-0.15, -0.1) is 0 Å². The Balaban J connectivity index is 1.23. The molecule has 4 aromatic rings. The second-order valence-electron chi connectivity index (χ2n) is 11.5. The average Bonchev–Trinajstić information content (AvgIpc) is 3.39. The molecule has 1 fully saturated rings. The third-order valence-electron chi connectivity index (χ3n) is 8.16. The van der Waals surface area contributed by atoms with Crippen LogP contribution in [0.3, 0.4) is 0 Å². The number of aromatic nitrogens is 2. The lowest BCUT2D eigenvalue weighted by Crippen LogP contribution is -2.57. The minimum atomic E-state index is -0.348. The fourth-order valence-electron chi connectivity index (χ4n) is 6.12. The molecule has 218 valence electrons. The number of aryl methyl sites for hydroxylation is 2. The molecule has 1 saturated heterocycles. The zero-order chi connectivity index (χ0) is 29.2. The van der Waals surface area contributed by atoms with Gasteiger partial charge in [-0.3, -0.25) is 9.36 Å². The monoisotopic (exact) mass is 568 g/mol. The number of fused-ring (bicyclic) bond motifs is 2. The van der Waals surface area contributed by atoms with Crippen molar-refractivity contribution in [2.24, 2.45) is 4.99 Å². The molecule has 2 atom stereocenters. The molecule has 0 radical (unpaired) electrons. The maximum absolute atomic E-state index is 14.4. The van der Waals surface area contributed by atoms with Gasteiger partial charge in [-0.2, -0.15) is 0 Å². The van der Waals surface area contributed by atoms with Crippen LogP contribution in [0.15, 0.2) is 76.8 Å². The van der Waals surface area contributed by atoms with E-state index < -0.39 is 0 Å². The van der Waals surface area contributed by atoms with Gasteiger partial charge >= 0.3 is 0 Å². The maximum Gasteiger partial charge on any atom is 0.261 e. The van der Waals surface area contributed by atoms with Gasteiger partial charge in [0.05, 0.1) is 30.4 Å². The molecule has 0 saturated carbocycles. The number of aliphatic imine (C=N–C) groups is 1. The molecule has 2 N–H and O–H groups in total. The Morgan fingerprint density at radius 1 is 1.07 bits per heavy atom. The van der Waals surface area contributed by atoms with E-state index in [2.05, 4.69) is 58.6 Å². The van der Waals surface area contributed by atoms with Gasteiger partial charge in [0.25, 0.3) is 5.56 Å². The molecule has 6 rings (SSSR count). The van der Waals surface area contributed by atoms with Crippen molar-refractivity contribution in [2.75, 3.05) is 25.5 Å². The van der Waals surface area contributed by atoms with Gasteiger partial charge in [0.1, 0.15) is 11.6 Å². The van der Waals surface area contributed by atoms with Gasteiger partial charge in [0.15, 0.2) is 5.96 Å². The van der Waals surface area contributed by atoms with E-state index in [9.17, 15) is 9.18 Å². The molecule has 9 heteroatoms. The van der Waals surface area contributed by atoms with Crippen LogP contribution in [0.5, 0.6) is 5.75 Å². The van der Waals surface area contributed by atoms with Crippen molar-refractivity contribution in [1.82, 2.24) is 19.8 Å². The highest BCUT2D eigenvalue weighted by Crippen LogP contribution is 2.25. The molecule has 1 aliphatic heterocycles. The van der Waals surface area contributed by atoms with Crippen molar-refractivity contribution in [1.29, 1.82) is 0 Å². The van der Waals surface area contributed by atoms with Gasteiger partial charge in [-0.25, -0.2) is 14.4 Å². The lowest BCUT2D eigenvalue weighted by Gasteiger charge is -2.38. The van der Waals surface area contributed by atoms with Gasteiger partial charge in [-0.1, -0.05) is 30.3 Å². The van der Waals surface area contributed by atoms with Crippen molar-refractivity contribution < 1.29 is 9.13 Å². The number of hydrogen-bond donors (Lipinski definition) is 2. The van der Waals surface area contributed by atoms with Crippen molar-refractivity contribution >= 4 is 22.5 Å². The van der Waals surface area contributed by atoms with Crippen LogP contribution in [0.1, 0.15) is 30.5 Å². The van der Waals surface area contributed by atoms with E-state index in [-0.39, 0.29) is 17.4 Å². The molecule has 3 aromatic carbocycles. The average molecular weight is 569 g/mol. The van der Waals surface area contributed by atoms with Gasteiger partial charge in [0.2, 0.25) is 0 Å². The van der Waals surface area contributed by atoms with E-state index in [1.165, 1.54) is 28.9 Å². The first-order valence-electron chi connectivity index (χ1n) is 14.6. The molecular formula is C33H37FN6O2. The summed E-state index contributed by atoms with van der Waals surface area (Å²) in [4.78, 5) is 25.4. The molecule has 0 bridgehead atoms. The van der Waals surface area contributed by atoms with Crippen LogP contribution >= 0.6 is 0 Å². The number of nitrogens with one attached hydrogen (secondary N) is 2. The minimum absolute atomic E-state index is 0.150. The predicted octanol–water partition coefficient (Wildman–Crippen LogP) is 4.40. The number of methoxy groups -OCH3 is 1. The Morgan fingerprint density at radius 2 is 1.81 bits per heavy atom. The van der Waals surface area contributed by atoms with Crippen molar-refractivity contribution in [3.63, 3.8) is 0 Å². The molecule has 2 unspecified atom stereocenters. The third-order valence-corrected chi connectivity index (χ3v) is 8.16. The van der Waals surface area contributed by atoms with E-state index in [0.29, 0.717) is 47.3 Å². The highest BCUT2D eigenvalue weighted by molar-refractivity contribution is 5.96. The van der Waals surface area contributed by atoms with E-state index >= 15 is 0 Å². The van der Waals surface area contributed by atoms with Gasteiger partial charge < -0.3 is 20.3 Å². The van der Waals surface area contributed by atoms with Gasteiger partial charge in [0, 0.05) is 43.5 Å². The number of halogens is 1. The van der Waals surface area contributed by atoms with Crippen LogP contribution < -0.4 is 20.9 Å². The zero-order valence-electron chi connectivity index (χ0n) is 24.3. The van der Waals surface area contributed by atoms with Crippen LogP contribution in [0.2, 0.25) is 0 Å². The Kier molecular flexibility index (Phi) is 7.93. The normalized spacial score (nSPS) is 19.2. The number of nitrogens with zero attached hydrogens (tertiary/aromatic N) is 4. The lowest BCUT2D eigenvalue weighted by molar-refractivity contribution is 0.253. The Hall–Kier alpha value is -4.24. The van der Waals surface area contributed by atoms with E-state index in [1.807, 2.05) is 18.2 Å². The largest absolute Gasteiger partial charge is 0.497 e. The molecule has 0 amide bonds. The number of ether oxygens (including phenoxy) is 1. The molecular weight excluding hydrogens is 531 g/mol. The molecule has 8 nitrogen and oxygen atoms in total. The van der Waals surface area contributed by atoms with Crippen LogP contribution in [-0.4, -0.2) is 58.7 Å². The molecule has 2 heterocycles. The van der Waals surface area contributed by atoms with Crippen LogP contribution in [0, 0.1) is 5.82 Å². The van der Waals surface area contributed by atoms with Crippen molar-refractivity contribution in [3.8, 4) is 5.75 Å². The molecule has 0 spiro atoms. The number of guanidine groups is 1. The molecule has 2 aliphatic rings. The first-order valence-corrected chi connectivity index (χ1v) is 14.6. The maximum atomic E-state index is 14.4. The summed E-state index contributed by atoms with van der Waals surface area (Å²) < 4.78 is 21.0. The summed E-state index contributed by atoms with van der Waals surface area (Å²) in [7, 11) is 1.50. The summed E-state index contributed by atoms with van der Waals surface area (Å²) in [6.45, 7) is 6.41. The van der Waals surface area contributed by atoms with Crippen LogP contribution in [0.25, 0.3) is 10.9 Å². The van der Waals surface area contributed by atoms with Crippen LogP contribution in [0.4, 0.5) is 10.1 Å². The second kappa shape index (κ2) is 11.9. The van der Waals surface area contributed by atoms with Gasteiger partial charge in [-0.05, 0) is 74.1 Å². The fraction of sp³-hybridized carbons (Fsp3) is 0.364. The number of hydrogen-bond acceptors (Lipinski definition) is 5. The lowest BCUT2D eigenvalue weighted by atomic mass is 10.1. The molecule has 42 heavy (non-hydrogen) atoms. The Labute approximate surface area is 245 Å². The molecule has 1 aliphatic carbocycles. The van der Waals surface area contributed by atoms with E-state index in [0.717, 1.165) is 37.6 Å². The summed E-state index contributed by atoms with van der Waals surface area (Å²) in [5, 5.41) is 7.70. The van der Waals surface area contributed by atoms with Crippen molar-refractivity contribution in [2.45, 2.75) is 57.8 Å². The number of piperazine rings is 1. The Bertz CT molecular complexity index is 1650. The highest BCUT2D eigenvalue weighted by Gasteiger charge is 2.27.